The fourth-order valence-electron chi connectivity index (χ4n) is 1.23. The van der Waals surface area contributed by atoms with E-state index in [9.17, 15) is 0 Å². The summed E-state index contributed by atoms with van der Waals surface area (Å²) in [5.41, 5.74) is 0. The molecule has 1 nitrogen and oxygen atoms in total. The van der Waals surface area contributed by atoms with Crippen molar-refractivity contribution in [3.8, 4) is 5.75 Å². The third kappa shape index (κ3) is 2.07. The molecule has 1 heterocycles. The molecule has 0 spiro atoms. The number of rotatable bonds is 3. The standard InChI is InChI=1S/C12H13OS/c1-9(2)8-13-11-4-3-10-5-6-14-12(10)7-11/h3-5,7,9H,8H2,1-2H3. The highest BCUT2D eigenvalue weighted by molar-refractivity contribution is 7.16. The Bertz CT molecular complexity index is 417. The molecule has 0 atom stereocenters. The van der Waals surface area contributed by atoms with Gasteiger partial charge in [0.15, 0.2) is 0 Å². The van der Waals surface area contributed by atoms with Gasteiger partial charge in [0.05, 0.1) is 6.61 Å². The van der Waals surface area contributed by atoms with Crippen LogP contribution in [0.25, 0.3) is 10.1 Å². The van der Waals surface area contributed by atoms with E-state index < -0.39 is 0 Å². The minimum absolute atomic E-state index is 0.570. The highest BCUT2D eigenvalue weighted by Gasteiger charge is 1.99. The topological polar surface area (TPSA) is 9.23 Å². The number of hydrogen-bond donors (Lipinski definition) is 0. The van der Waals surface area contributed by atoms with Gasteiger partial charge < -0.3 is 4.74 Å². The third-order valence-electron chi connectivity index (χ3n) is 1.95. The molecule has 73 valence electrons. The van der Waals surface area contributed by atoms with Gasteiger partial charge in [-0.25, -0.2) is 0 Å². The first-order chi connectivity index (χ1) is 6.75. The van der Waals surface area contributed by atoms with Crippen LogP contribution in [0.4, 0.5) is 0 Å². The fraction of sp³-hybridized carbons (Fsp3) is 0.333. The Kier molecular flexibility index (Phi) is 2.73. The largest absolute Gasteiger partial charge is 0.493 e. The number of ether oxygens (including phenoxy) is 1. The van der Waals surface area contributed by atoms with Crippen LogP contribution in [0.1, 0.15) is 13.8 Å². The number of thiophene rings is 1. The Labute approximate surface area is 88.3 Å². The maximum absolute atomic E-state index is 5.64. The molecule has 1 radical (unpaired) electrons. The number of hydrogen-bond acceptors (Lipinski definition) is 2. The Balaban J connectivity index is 2.17. The normalized spacial score (nSPS) is 11.1. The summed E-state index contributed by atoms with van der Waals surface area (Å²) in [6, 6.07) is 8.19. The zero-order valence-electron chi connectivity index (χ0n) is 8.41. The van der Waals surface area contributed by atoms with Crippen molar-refractivity contribution < 1.29 is 4.74 Å². The van der Waals surface area contributed by atoms with Crippen molar-refractivity contribution in [1.82, 2.24) is 0 Å². The van der Waals surface area contributed by atoms with Gasteiger partial charge in [-0.05, 0) is 35.6 Å². The van der Waals surface area contributed by atoms with E-state index in [0.717, 1.165) is 12.4 Å². The van der Waals surface area contributed by atoms with Gasteiger partial charge in [0.25, 0.3) is 0 Å². The molecule has 0 N–H and O–H groups in total. The lowest BCUT2D eigenvalue weighted by Crippen LogP contribution is -2.04. The van der Waals surface area contributed by atoms with Crippen LogP contribution >= 0.6 is 11.3 Å². The van der Waals surface area contributed by atoms with Crippen molar-refractivity contribution >= 4 is 21.4 Å². The predicted octanol–water partition coefficient (Wildman–Crippen LogP) is 3.74. The molecule has 0 amide bonds. The van der Waals surface area contributed by atoms with Crippen molar-refractivity contribution in [1.29, 1.82) is 0 Å². The Morgan fingerprint density at radius 2 is 2.29 bits per heavy atom. The van der Waals surface area contributed by atoms with E-state index in [1.807, 2.05) is 12.1 Å². The Morgan fingerprint density at radius 1 is 1.43 bits per heavy atom. The summed E-state index contributed by atoms with van der Waals surface area (Å²) in [6.07, 6.45) is 0. The average Bonchev–Trinajstić information content (AvgIpc) is 2.61. The fourth-order valence-corrected chi connectivity index (χ4v) is 1.96. The molecular weight excluding hydrogens is 192 g/mol. The van der Waals surface area contributed by atoms with Crippen molar-refractivity contribution in [2.24, 2.45) is 5.92 Å². The summed E-state index contributed by atoms with van der Waals surface area (Å²) in [5, 5.41) is 4.36. The lowest BCUT2D eigenvalue weighted by Gasteiger charge is -2.08. The zero-order valence-corrected chi connectivity index (χ0v) is 9.23. The van der Waals surface area contributed by atoms with E-state index in [1.54, 1.807) is 11.3 Å². The molecule has 2 rings (SSSR count). The number of benzene rings is 1. The van der Waals surface area contributed by atoms with Crippen molar-refractivity contribution in [2.45, 2.75) is 13.8 Å². The first kappa shape index (κ1) is 9.53. The van der Waals surface area contributed by atoms with Crippen molar-refractivity contribution in [3.63, 3.8) is 0 Å². The summed E-state index contributed by atoms with van der Waals surface area (Å²) in [7, 11) is 0. The highest BCUT2D eigenvalue weighted by atomic mass is 32.1. The molecular formula is C12H13OS. The average molecular weight is 205 g/mol. The first-order valence-corrected chi connectivity index (χ1v) is 5.60. The molecule has 1 aromatic carbocycles. The minimum atomic E-state index is 0.570. The summed E-state index contributed by atoms with van der Waals surface area (Å²) in [5.74, 6) is 1.53. The van der Waals surface area contributed by atoms with Crippen molar-refractivity contribution in [2.75, 3.05) is 6.61 Å². The van der Waals surface area contributed by atoms with E-state index in [-0.39, 0.29) is 0 Å². The monoisotopic (exact) mass is 205 g/mol. The summed E-state index contributed by atoms with van der Waals surface area (Å²) < 4.78 is 6.88. The van der Waals surface area contributed by atoms with Crippen LogP contribution in [0, 0.1) is 11.3 Å². The van der Waals surface area contributed by atoms with Crippen LogP contribution in [0.2, 0.25) is 0 Å². The summed E-state index contributed by atoms with van der Waals surface area (Å²) in [4.78, 5) is 0. The molecule has 0 aliphatic rings. The molecule has 0 unspecified atom stereocenters. The maximum Gasteiger partial charge on any atom is 0.120 e. The molecule has 2 aromatic rings. The molecule has 0 aliphatic heterocycles. The van der Waals surface area contributed by atoms with E-state index >= 15 is 0 Å². The molecule has 0 fully saturated rings. The van der Waals surface area contributed by atoms with Crippen molar-refractivity contribution in [3.05, 3.63) is 29.6 Å². The van der Waals surface area contributed by atoms with Crippen LogP contribution in [0.5, 0.6) is 5.75 Å². The third-order valence-corrected chi connectivity index (χ3v) is 2.76. The van der Waals surface area contributed by atoms with Gasteiger partial charge in [-0.15, -0.1) is 11.3 Å². The van der Waals surface area contributed by atoms with Gasteiger partial charge in [0.2, 0.25) is 0 Å². The minimum Gasteiger partial charge on any atom is -0.493 e. The second-order valence-corrected chi connectivity index (χ2v) is 4.65. The van der Waals surface area contributed by atoms with E-state index in [2.05, 4.69) is 31.4 Å². The molecule has 0 saturated carbocycles. The second kappa shape index (κ2) is 4.01. The van der Waals surface area contributed by atoms with Crippen LogP contribution in [-0.4, -0.2) is 6.61 Å². The van der Waals surface area contributed by atoms with Gasteiger partial charge >= 0.3 is 0 Å². The molecule has 14 heavy (non-hydrogen) atoms. The zero-order chi connectivity index (χ0) is 9.97. The van der Waals surface area contributed by atoms with Crippen LogP contribution in [0.3, 0.4) is 0 Å². The Hall–Kier alpha value is -1.02. The molecule has 1 aromatic heterocycles. The first-order valence-electron chi connectivity index (χ1n) is 4.78. The predicted molar refractivity (Wildman–Crippen MR) is 61.0 cm³/mol. The lowest BCUT2D eigenvalue weighted by molar-refractivity contribution is 0.271. The van der Waals surface area contributed by atoms with Gasteiger partial charge in [0, 0.05) is 10.1 Å². The summed E-state index contributed by atoms with van der Waals surface area (Å²) in [6.45, 7) is 5.08. The summed E-state index contributed by atoms with van der Waals surface area (Å²) >= 11 is 1.63. The molecule has 2 heteroatoms. The van der Waals surface area contributed by atoms with Gasteiger partial charge in [0.1, 0.15) is 5.75 Å². The smallest absolute Gasteiger partial charge is 0.120 e. The van der Waals surface area contributed by atoms with E-state index in [4.69, 9.17) is 4.74 Å². The highest BCUT2D eigenvalue weighted by Crippen LogP contribution is 2.25. The maximum atomic E-state index is 5.64. The lowest BCUT2D eigenvalue weighted by atomic mass is 10.2. The quantitative estimate of drug-likeness (QED) is 0.741. The van der Waals surface area contributed by atoms with Crippen LogP contribution in [0.15, 0.2) is 24.3 Å². The SMILES string of the molecule is CC(C)COc1ccc2c[c]sc2c1. The molecule has 0 aliphatic carbocycles. The molecule has 0 saturated heterocycles. The van der Waals surface area contributed by atoms with Crippen LogP contribution < -0.4 is 4.74 Å². The van der Waals surface area contributed by atoms with E-state index in [1.165, 1.54) is 10.1 Å². The van der Waals surface area contributed by atoms with E-state index in [0.29, 0.717) is 5.92 Å². The van der Waals surface area contributed by atoms with Gasteiger partial charge in [-0.2, -0.15) is 0 Å². The van der Waals surface area contributed by atoms with Gasteiger partial charge in [-0.3, -0.25) is 0 Å². The number of fused-ring (bicyclic) bond motifs is 1. The molecule has 0 bridgehead atoms. The Morgan fingerprint density at radius 3 is 3.07 bits per heavy atom. The second-order valence-electron chi connectivity index (χ2n) is 3.77. The van der Waals surface area contributed by atoms with Gasteiger partial charge in [-0.1, -0.05) is 13.8 Å². The van der Waals surface area contributed by atoms with Crippen LogP contribution in [-0.2, 0) is 0 Å².